The second kappa shape index (κ2) is 9.12. The number of aliphatic carboxylic acids is 1. The Hall–Kier alpha value is 0.0300. The molecule has 4 N–H and O–H groups in total. The van der Waals surface area contributed by atoms with Gasteiger partial charge in [0.15, 0.2) is 0 Å². The summed E-state index contributed by atoms with van der Waals surface area (Å²) in [5.41, 5.74) is 2.29. The molecule has 0 saturated heterocycles. The average molecular weight is 222 g/mol. The Kier molecular flexibility index (Phi) is 4.33. The lowest BCUT2D eigenvalue weighted by Gasteiger charge is -2.04. The molecule has 0 aliphatic heterocycles. The minimum Gasteiger partial charge on any atom is -0.480 e. The summed E-state index contributed by atoms with van der Waals surface area (Å²) in [6, 6.07) is -1.39. The summed E-state index contributed by atoms with van der Waals surface area (Å²) < 4.78 is 42.6. The standard InChI is InChI=1S/C6H13NO3S.ClH/c7-5(6(9)10)4-11-3-1-2-8;/h5,8H,1-4,7H2,(H,9,10);1H/t5-;/m0./s1/i1D2,2D2,3D2;. The van der Waals surface area contributed by atoms with E-state index in [0.29, 0.717) is 0 Å². The Morgan fingerprint density at radius 3 is 2.75 bits per heavy atom. The molecule has 0 saturated carbocycles. The number of thioether (sulfide) groups is 1. The highest BCUT2D eigenvalue weighted by molar-refractivity contribution is 7.99. The first-order chi connectivity index (χ1) is 7.33. The van der Waals surface area contributed by atoms with E-state index >= 15 is 0 Å². The van der Waals surface area contributed by atoms with Crippen LogP contribution in [-0.2, 0) is 4.79 Å². The molecule has 6 heteroatoms. The van der Waals surface area contributed by atoms with Crippen LogP contribution in [0.5, 0.6) is 0 Å². The number of carbonyl (C=O) groups is 1. The number of nitrogens with two attached hydrogens (primary N) is 1. The summed E-state index contributed by atoms with van der Waals surface area (Å²) in [7, 11) is 0. The first-order valence-electron chi connectivity index (χ1n) is 5.67. The third-order valence-electron chi connectivity index (χ3n) is 0.759. The van der Waals surface area contributed by atoms with Gasteiger partial charge in [-0.25, -0.2) is 0 Å². The van der Waals surface area contributed by atoms with Gasteiger partial charge in [0.25, 0.3) is 0 Å². The zero-order valence-electron chi connectivity index (χ0n) is 12.0. The zero-order valence-corrected chi connectivity index (χ0v) is 7.61. The topological polar surface area (TPSA) is 83.5 Å². The average Bonchev–Trinajstić information content (AvgIpc) is 2.11. The summed E-state index contributed by atoms with van der Waals surface area (Å²) in [4.78, 5) is 10.4. The van der Waals surface area contributed by atoms with Gasteiger partial charge in [-0.15, -0.1) is 12.4 Å². The van der Waals surface area contributed by atoms with Crippen LogP contribution in [-0.4, -0.2) is 40.2 Å². The van der Waals surface area contributed by atoms with Crippen LogP contribution in [0.1, 0.15) is 14.6 Å². The maximum atomic E-state index is 10.4. The van der Waals surface area contributed by atoms with E-state index in [1.54, 1.807) is 0 Å². The Morgan fingerprint density at radius 2 is 2.33 bits per heavy atom. The van der Waals surface area contributed by atoms with Crippen LogP contribution in [0.3, 0.4) is 0 Å². The van der Waals surface area contributed by atoms with Crippen molar-refractivity contribution in [1.29, 1.82) is 0 Å². The normalized spacial score (nSPS) is 22.8. The molecular weight excluding hydrogens is 202 g/mol. The monoisotopic (exact) mass is 221 g/mol. The van der Waals surface area contributed by atoms with E-state index in [1.807, 2.05) is 0 Å². The maximum Gasteiger partial charge on any atom is 0.321 e. The van der Waals surface area contributed by atoms with Crippen LogP contribution < -0.4 is 5.73 Å². The van der Waals surface area contributed by atoms with E-state index in [9.17, 15) is 4.79 Å². The van der Waals surface area contributed by atoms with Gasteiger partial charge in [-0.2, -0.15) is 11.8 Å². The van der Waals surface area contributed by atoms with E-state index < -0.39 is 36.4 Å². The van der Waals surface area contributed by atoms with Crippen molar-refractivity contribution < 1.29 is 23.2 Å². The smallest absolute Gasteiger partial charge is 0.321 e. The number of carboxylic acids is 1. The molecule has 0 bridgehead atoms. The molecule has 74 valence electrons. The van der Waals surface area contributed by atoms with Crippen LogP contribution in [0.15, 0.2) is 0 Å². The molecule has 0 rings (SSSR count). The van der Waals surface area contributed by atoms with Gasteiger partial charge < -0.3 is 15.9 Å². The lowest BCUT2D eigenvalue weighted by atomic mass is 10.4. The number of hydrogen-bond acceptors (Lipinski definition) is 4. The van der Waals surface area contributed by atoms with Gasteiger partial charge >= 0.3 is 5.97 Å². The van der Waals surface area contributed by atoms with E-state index in [4.69, 9.17) is 24.2 Å². The zero-order chi connectivity index (χ0) is 14.1. The van der Waals surface area contributed by atoms with E-state index in [1.165, 1.54) is 0 Å². The van der Waals surface area contributed by atoms with E-state index in [0.717, 1.165) is 0 Å². The molecule has 0 heterocycles. The Morgan fingerprint density at radius 1 is 1.75 bits per heavy atom. The fourth-order valence-electron chi connectivity index (χ4n) is 0.262. The number of hydrogen-bond donors (Lipinski definition) is 3. The van der Waals surface area contributed by atoms with Gasteiger partial charge in [-0.1, -0.05) is 0 Å². The quantitative estimate of drug-likeness (QED) is 0.585. The van der Waals surface area contributed by atoms with E-state index in [2.05, 4.69) is 0 Å². The predicted molar refractivity (Wildman–Crippen MR) is 51.9 cm³/mol. The van der Waals surface area contributed by atoms with Crippen LogP contribution in [0.2, 0.25) is 0 Å². The Bertz CT molecular complexity index is 300. The molecule has 0 aliphatic rings. The summed E-state index contributed by atoms with van der Waals surface area (Å²) in [5.74, 6) is -1.82. The van der Waals surface area contributed by atoms with Crippen molar-refractivity contribution in [3.8, 4) is 0 Å². The molecule has 0 aromatic rings. The number of carboxylic acid groups (broad SMARTS) is 1. The molecule has 0 radical (unpaired) electrons. The summed E-state index contributed by atoms with van der Waals surface area (Å²) >= 11 is 0.201. The van der Waals surface area contributed by atoms with Crippen molar-refractivity contribution >= 4 is 30.1 Å². The molecule has 0 aromatic heterocycles. The molecule has 0 amide bonds. The highest BCUT2D eigenvalue weighted by Gasteiger charge is 2.09. The lowest BCUT2D eigenvalue weighted by Crippen LogP contribution is -2.32. The Labute approximate surface area is 90.4 Å². The van der Waals surface area contributed by atoms with Crippen molar-refractivity contribution in [2.24, 2.45) is 5.73 Å². The van der Waals surface area contributed by atoms with Crippen LogP contribution in [0, 0.1) is 0 Å². The second-order valence-corrected chi connectivity index (χ2v) is 2.42. The van der Waals surface area contributed by atoms with Crippen LogP contribution in [0.25, 0.3) is 0 Å². The minimum absolute atomic E-state index is 0. The van der Waals surface area contributed by atoms with Gasteiger partial charge in [0, 0.05) is 17.8 Å². The molecule has 12 heavy (non-hydrogen) atoms. The summed E-state index contributed by atoms with van der Waals surface area (Å²) in [6.45, 7) is -3.39. The van der Waals surface area contributed by atoms with Gasteiger partial charge in [-0.3, -0.25) is 4.79 Å². The summed E-state index contributed by atoms with van der Waals surface area (Å²) in [6.07, 6.45) is -3.21. The molecule has 1 atom stereocenters. The third kappa shape index (κ3) is 8.13. The first kappa shape index (κ1) is 5.70. The SMILES string of the molecule is Cl.[2H]C([2H])(O)C([2H])([2H])C([2H])([2H])SC[C@H](N)C(=O)O. The highest BCUT2D eigenvalue weighted by atomic mass is 35.5. The fourth-order valence-corrected chi connectivity index (χ4v) is 0.785. The number of rotatable bonds is 6. The van der Waals surface area contributed by atoms with Gasteiger partial charge in [-0.05, 0) is 12.1 Å². The van der Waals surface area contributed by atoms with Crippen LogP contribution >= 0.6 is 24.2 Å². The lowest BCUT2D eigenvalue weighted by molar-refractivity contribution is -0.137. The molecule has 4 nitrogen and oxygen atoms in total. The first-order valence-corrected chi connectivity index (χ1v) is 3.66. The van der Waals surface area contributed by atoms with Gasteiger partial charge in [0.1, 0.15) is 6.04 Å². The van der Waals surface area contributed by atoms with E-state index in [-0.39, 0.29) is 24.2 Å². The molecule has 0 spiro atoms. The molecular formula is C6H14ClNO3S. The molecule has 0 unspecified atom stereocenters. The predicted octanol–water partition coefficient (Wildman–Crippen LogP) is -0.0643. The Balaban J connectivity index is 0. The van der Waals surface area contributed by atoms with Crippen molar-refractivity contribution in [2.45, 2.75) is 12.4 Å². The number of aliphatic hydroxyl groups is 1. The van der Waals surface area contributed by atoms with Crippen molar-refractivity contribution in [3.63, 3.8) is 0 Å². The molecule has 0 aliphatic carbocycles. The van der Waals surface area contributed by atoms with Crippen LogP contribution in [0.4, 0.5) is 0 Å². The number of halogens is 1. The fraction of sp³-hybridized carbons (Fsp3) is 0.833. The largest absolute Gasteiger partial charge is 0.480 e. The third-order valence-corrected chi connectivity index (χ3v) is 1.53. The van der Waals surface area contributed by atoms with Gasteiger partial charge in [0.2, 0.25) is 0 Å². The summed E-state index contributed by atoms with van der Waals surface area (Å²) in [5, 5.41) is 17.4. The highest BCUT2D eigenvalue weighted by Crippen LogP contribution is 2.03. The molecule has 0 fully saturated rings. The van der Waals surface area contributed by atoms with Crippen molar-refractivity contribution in [1.82, 2.24) is 0 Å². The van der Waals surface area contributed by atoms with Crippen molar-refractivity contribution in [2.75, 3.05) is 18.0 Å². The minimum atomic E-state index is -3.39. The van der Waals surface area contributed by atoms with Gasteiger partial charge in [0.05, 0.1) is 2.74 Å². The van der Waals surface area contributed by atoms with Crippen molar-refractivity contribution in [3.05, 3.63) is 0 Å². The molecule has 0 aromatic carbocycles. The second-order valence-electron chi connectivity index (χ2n) is 1.59. The maximum absolute atomic E-state index is 10.4.